The zero-order chi connectivity index (χ0) is 9.42. The molecule has 2 rings (SSSR count). The predicted molar refractivity (Wildman–Crippen MR) is 47.6 cm³/mol. The first-order valence-electron chi connectivity index (χ1n) is 4.26. The summed E-state index contributed by atoms with van der Waals surface area (Å²) in [6.07, 6.45) is 5.10. The summed E-state index contributed by atoms with van der Waals surface area (Å²) in [5.74, 6) is 0.375. The van der Waals surface area contributed by atoms with E-state index in [9.17, 15) is 5.21 Å². The molecule has 2 aromatic rings. The van der Waals surface area contributed by atoms with Crippen LogP contribution < -0.4 is 4.73 Å². The fraction of sp³-hybridized carbons (Fsp3) is 0.333. The first-order valence-corrected chi connectivity index (χ1v) is 4.26. The average Bonchev–Trinajstić information content (AvgIpc) is 2.49. The molecule has 0 aliphatic heterocycles. The van der Waals surface area contributed by atoms with E-state index in [0.717, 1.165) is 21.2 Å². The van der Waals surface area contributed by atoms with Gasteiger partial charge in [-0.2, -0.15) is 5.10 Å². The molecule has 0 bridgehead atoms. The van der Waals surface area contributed by atoms with Gasteiger partial charge in [0, 0.05) is 15.7 Å². The van der Waals surface area contributed by atoms with E-state index in [2.05, 4.69) is 24.0 Å². The molecule has 0 aliphatic rings. The Kier molecular flexibility index (Phi) is 1.69. The highest BCUT2D eigenvalue weighted by atomic mass is 16.5. The third-order valence-electron chi connectivity index (χ3n) is 2.13. The van der Waals surface area contributed by atoms with Crippen LogP contribution >= 0.6 is 0 Å². The van der Waals surface area contributed by atoms with E-state index in [0.29, 0.717) is 5.92 Å². The number of hydrogen-bond donors (Lipinski definition) is 2. The molecule has 0 radical (unpaired) electrons. The first kappa shape index (κ1) is 8.04. The molecule has 0 spiro atoms. The Bertz CT molecular complexity index is 433. The Labute approximate surface area is 75.8 Å². The maximum absolute atomic E-state index is 9.35. The summed E-state index contributed by atoms with van der Waals surface area (Å²) in [6.45, 7) is 4.17. The number of pyridine rings is 1. The molecular weight excluding hydrogens is 166 g/mol. The highest BCUT2D eigenvalue weighted by Gasteiger charge is 2.13. The lowest BCUT2D eigenvalue weighted by Crippen LogP contribution is -2.29. The quantitative estimate of drug-likeness (QED) is 0.509. The van der Waals surface area contributed by atoms with Crippen molar-refractivity contribution in [2.45, 2.75) is 19.8 Å². The summed E-state index contributed by atoms with van der Waals surface area (Å²) in [5, 5.41) is 17.2. The van der Waals surface area contributed by atoms with Gasteiger partial charge in [-0.15, -0.1) is 0 Å². The SMILES string of the molecule is CC(C)c1c[n+](O)cc2[nH]ncc12. The van der Waals surface area contributed by atoms with Crippen molar-refractivity contribution in [1.82, 2.24) is 10.2 Å². The fourth-order valence-electron chi connectivity index (χ4n) is 1.47. The number of nitrogens with one attached hydrogen (secondary N) is 1. The summed E-state index contributed by atoms with van der Waals surface area (Å²) in [6, 6.07) is 0. The number of hydrogen-bond acceptors (Lipinski definition) is 2. The average molecular weight is 178 g/mol. The zero-order valence-electron chi connectivity index (χ0n) is 7.65. The molecule has 0 saturated carbocycles. The minimum atomic E-state index is 0.375. The largest absolute Gasteiger partial charge is 0.285 e. The summed E-state index contributed by atoms with van der Waals surface area (Å²) in [5.41, 5.74) is 1.95. The summed E-state index contributed by atoms with van der Waals surface area (Å²) in [7, 11) is 0. The molecule has 2 aromatic heterocycles. The topological polar surface area (TPSA) is 52.8 Å². The minimum Gasteiger partial charge on any atom is -0.285 e. The molecule has 13 heavy (non-hydrogen) atoms. The second kappa shape index (κ2) is 2.73. The van der Waals surface area contributed by atoms with Gasteiger partial charge in [-0.05, 0) is 5.92 Å². The van der Waals surface area contributed by atoms with Crippen LogP contribution in [0.25, 0.3) is 10.9 Å². The fourth-order valence-corrected chi connectivity index (χ4v) is 1.47. The molecule has 0 aliphatic carbocycles. The third kappa shape index (κ3) is 1.24. The second-order valence-corrected chi connectivity index (χ2v) is 3.45. The van der Waals surface area contributed by atoms with Crippen LogP contribution in [0.15, 0.2) is 18.6 Å². The Morgan fingerprint density at radius 3 is 2.92 bits per heavy atom. The Balaban J connectivity index is 2.77. The van der Waals surface area contributed by atoms with Crippen molar-refractivity contribution in [1.29, 1.82) is 0 Å². The van der Waals surface area contributed by atoms with Crippen LogP contribution in [0.1, 0.15) is 25.3 Å². The maximum atomic E-state index is 9.35. The molecule has 0 fully saturated rings. The highest BCUT2D eigenvalue weighted by Crippen LogP contribution is 2.21. The predicted octanol–water partition coefficient (Wildman–Crippen LogP) is 1.21. The monoisotopic (exact) mass is 178 g/mol. The molecule has 2 N–H and O–H groups in total. The van der Waals surface area contributed by atoms with Gasteiger partial charge < -0.3 is 0 Å². The molecule has 0 unspecified atom stereocenters. The Morgan fingerprint density at radius 1 is 1.46 bits per heavy atom. The van der Waals surface area contributed by atoms with Crippen LogP contribution in [0.4, 0.5) is 0 Å². The van der Waals surface area contributed by atoms with Gasteiger partial charge >= 0.3 is 0 Å². The van der Waals surface area contributed by atoms with Gasteiger partial charge in [0.1, 0.15) is 5.52 Å². The van der Waals surface area contributed by atoms with Gasteiger partial charge in [-0.1, -0.05) is 13.8 Å². The lowest BCUT2D eigenvalue weighted by molar-refractivity contribution is -0.904. The van der Waals surface area contributed by atoms with Gasteiger partial charge in [0.05, 0.1) is 6.20 Å². The van der Waals surface area contributed by atoms with E-state index in [1.54, 1.807) is 18.6 Å². The minimum absolute atomic E-state index is 0.375. The van der Waals surface area contributed by atoms with E-state index < -0.39 is 0 Å². The number of H-pyrrole nitrogens is 1. The summed E-state index contributed by atoms with van der Waals surface area (Å²) in [4.78, 5) is 0. The van der Waals surface area contributed by atoms with Crippen LogP contribution in [0.3, 0.4) is 0 Å². The first-order chi connectivity index (χ1) is 6.18. The standard InChI is InChI=1S/C9H11N3O/c1-6(2)8-4-12(13)5-9-7(8)3-10-11-9/h3-6,13H,1-2H3/p+1. The van der Waals surface area contributed by atoms with Gasteiger partial charge in [0.15, 0.2) is 0 Å². The van der Waals surface area contributed by atoms with Crippen molar-refractivity contribution in [3.8, 4) is 0 Å². The number of rotatable bonds is 1. The van der Waals surface area contributed by atoms with Crippen molar-refractivity contribution >= 4 is 10.9 Å². The number of aromatic amines is 1. The van der Waals surface area contributed by atoms with Crippen molar-refractivity contribution in [2.75, 3.05) is 0 Å². The second-order valence-electron chi connectivity index (χ2n) is 3.45. The van der Waals surface area contributed by atoms with E-state index in [-0.39, 0.29) is 0 Å². The van der Waals surface area contributed by atoms with Crippen molar-refractivity contribution in [3.05, 3.63) is 24.2 Å². The van der Waals surface area contributed by atoms with E-state index in [4.69, 9.17) is 0 Å². The number of nitrogens with zero attached hydrogens (tertiary/aromatic N) is 2. The van der Waals surface area contributed by atoms with Gasteiger partial charge in [0.2, 0.25) is 12.4 Å². The van der Waals surface area contributed by atoms with Gasteiger partial charge in [-0.3, -0.25) is 10.3 Å². The van der Waals surface area contributed by atoms with Gasteiger partial charge in [-0.25, -0.2) is 0 Å². The molecule has 0 atom stereocenters. The molecule has 68 valence electrons. The third-order valence-corrected chi connectivity index (χ3v) is 2.13. The lowest BCUT2D eigenvalue weighted by Gasteiger charge is -2.01. The van der Waals surface area contributed by atoms with E-state index in [1.165, 1.54) is 0 Å². The molecule has 0 saturated heterocycles. The van der Waals surface area contributed by atoms with Crippen LogP contribution in [-0.2, 0) is 0 Å². The summed E-state index contributed by atoms with van der Waals surface area (Å²) < 4.78 is 1.07. The lowest BCUT2D eigenvalue weighted by atomic mass is 10.0. The molecule has 2 heterocycles. The van der Waals surface area contributed by atoms with Crippen LogP contribution in [0.5, 0.6) is 0 Å². The van der Waals surface area contributed by atoms with Crippen LogP contribution in [-0.4, -0.2) is 15.4 Å². The Hall–Kier alpha value is -1.58. The molecule has 0 amide bonds. The summed E-state index contributed by atoms with van der Waals surface area (Å²) >= 11 is 0. The van der Waals surface area contributed by atoms with Gasteiger partial charge in [0.25, 0.3) is 0 Å². The molecule has 0 aromatic carbocycles. The number of fused-ring (bicyclic) bond motifs is 1. The highest BCUT2D eigenvalue weighted by molar-refractivity contribution is 5.80. The van der Waals surface area contributed by atoms with Crippen molar-refractivity contribution in [3.63, 3.8) is 0 Å². The normalized spacial score (nSPS) is 11.3. The van der Waals surface area contributed by atoms with E-state index in [1.807, 2.05) is 0 Å². The smallest absolute Gasteiger partial charge is 0.247 e. The Morgan fingerprint density at radius 2 is 2.23 bits per heavy atom. The van der Waals surface area contributed by atoms with Crippen LogP contribution in [0, 0.1) is 0 Å². The molecule has 4 nitrogen and oxygen atoms in total. The molecular formula is C9H12N3O+. The van der Waals surface area contributed by atoms with E-state index >= 15 is 0 Å². The van der Waals surface area contributed by atoms with Crippen molar-refractivity contribution < 1.29 is 9.94 Å². The van der Waals surface area contributed by atoms with Crippen molar-refractivity contribution in [2.24, 2.45) is 0 Å². The number of aromatic nitrogens is 3. The molecule has 4 heteroatoms. The maximum Gasteiger partial charge on any atom is 0.247 e. The zero-order valence-corrected chi connectivity index (χ0v) is 7.65. The van der Waals surface area contributed by atoms with Crippen LogP contribution in [0.2, 0.25) is 0 Å².